The van der Waals surface area contributed by atoms with Gasteiger partial charge in [-0.05, 0) is 117 Å². The average Bonchev–Trinajstić information content (AvgIpc) is 3.54. The molecule has 0 saturated carbocycles. The molecule has 3 aromatic rings. The number of amides is 3. The summed E-state index contributed by atoms with van der Waals surface area (Å²) in [6, 6.07) is 24.5. The van der Waals surface area contributed by atoms with Crippen molar-refractivity contribution in [2.45, 2.75) is 64.0 Å². The number of nitriles is 1. The summed E-state index contributed by atoms with van der Waals surface area (Å²) in [5.41, 5.74) is 5.90. The van der Waals surface area contributed by atoms with E-state index in [4.69, 9.17) is 11.6 Å². The molecule has 0 radical (unpaired) electrons. The van der Waals surface area contributed by atoms with E-state index in [0.29, 0.717) is 35.4 Å². The number of piperidine rings is 3. The maximum absolute atomic E-state index is 13.5. The first-order valence-corrected chi connectivity index (χ1v) is 20.8. The first-order valence-electron chi connectivity index (χ1n) is 20.4. The average molecular weight is 777 g/mol. The van der Waals surface area contributed by atoms with Crippen molar-refractivity contribution in [1.29, 1.82) is 5.26 Å². The van der Waals surface area contributed by atoms with Gasteiger partial charge in [0, 0.05) is 106 Å². The molecule has 2 atom stereocenters. The van der Waals surface area contributed by atoms with E-state index in [1.165, 1.54) is 5.69 Å². The normalized spacial score (nSPS) is 23.3. The highest BCUT2D eigenvalue weighted by atomic mass is 35.5. The van der Waals surface area contributed by atoms with E-state index in [2.05, 4.69) is 67.5 Å². The van der Waals surface area contributed by atoms with Gasteiger partial charge in [0.1, 0.15) is 12.1 Å². The molecule has 1 unspecified atom stereocenters. The Bertz CT molecular complexity index is 1960. The van der Waals surface area contributed by atoms with Crippen molar-refractivity contribution in [2.24, 2.45) is 11.3 Å². The minimum absolute atomic E-state index is 0.124. The van der Waals surface area contributed by atoms with E-state index >= 15 is 0 Å². The predicted molar refractivity (Wildman–Crippen MR) is 221 cm³/mol. The number of carbonyl (C=O) groups excluding carboxylic acids is 3. The summed E-state index contributed by atoms with van der Waals surface area (Å²) in [5.74, 6) is 0.299. The van der Waals surface area contributed by atoms with E-state index in [1.807, 2.05) is 47.4 Å². The molecule has 2 N–H and O–H groups in total. The molecule has 5 heterocycles. The van der Waals surface area contributed by atoms with Crippen LogP contribution in [-0.4, -0.2) is 105 Å². The summed E-state index contributed by atoms with van der Waals surface area (Å²) >= 11 is 6.38. The highest BCUT2D eigenvalue weighted by Gasteiger charge is 2.44. The third-order valence-corrected chi connectivity index (χ3v) is 13.4. The van der Waals surface area contributed by atoms with Crippen molar-refractivity contribution in [2.75, 3.05) is 85.5 Å². The maximum Gasteiger partial charge on any atom is 0.253 e. The van der Waals surface area contributed by atoms with E-state index in [0.717, 1.165) is 120 Å². The van der Waals surface area contributed by atoms with Gasteiger partial charge in [0.15, 0.2) is 0 Å². The number of halogens is 1. The summed E-state index contributed by atoms with van der Waals surface area (Å²) in [4.78, 5) is 49.2. The van der Waals surface area contributed by atoms with Crippen molar-refractivity contribution in [3.63, 3.8) is 0 Å². The van der Waals surface area contributed by atoms with Crippen LogP contribution in [0, 0.1) is 22.7 Å². The van der Waals surface area contributed by atoms with Crippen LogP contribution in [0.1, 0.15) is 67.8 Å². The smallest absolute Gasteiger partial charge is 0.253 e. The number of benzene rings is 3. The van der Waals surface area contributed by atoms with Crippen LogP contribution >= 0.6 is 11.6 Å². The molecule has 5 saturated heterocycles. The quantitative estimate of drug-likeness (QED) is 0.267. The Labute approximate surface area is 335 Å². The van der Waals surface area contributed by atoms with Crippen LogP contribution in [0.25, 0.3) is 0 Å². The summed E-state index contributed by atoms with van der Waals surface area (Å²) in [6.07, 6.45) is 6.53. The maximum atomic E-state index is 13.5. The Morgan fingerprint density at radius 3 is 2.29 bits per heavy atom. The molecular weight excluding hydrogens is 724 g/mol. The Balaban J connectivity index is 0.762. The second kappa shape index (κ2) is 16.4. The molecule has 5 fully saturated rings. The molecule has 3 amide bonds. The third kappa shape index (κ3) is 8.33. The van der Waals surface area contributed by atoms with Gasteiger partial charge in [-0.25, -0.2) is 0 Å². The third-order valence-electron chi connectivity index (χ3n) is 13.1. The fraction of sp³-hybridized carbons (Fsp3) is 0.500. The lowest BCUT2D eigenvalue weighted by Crippen LogP contribution is -2.50. The number of nitrogens with zero attached hydrogens (tertiary/aromatic N) is 6. The zero-order chi connectivity index (χ0) is 38.8. The van der Waals surface area contributed by atoms with E-state index in [-0.39, 0.29) is 29.2 Å². The van der Waals surface area contributed by atoms with E-state index in [9.17, 15) is 19.6 Å². The van der Waals surface area contributed by atoms with Gasteiger partial charge in [-0.2, -0.15) is 5.26 Å². The van der Waals surface area contributed by atoms with Crippen molar-refractivity contribution in [1.82, 2.24) is 15.1 Å². The van der Waals surface area contributed by atoms with Crippen LogP contribution in [0.2, 0.25) is 5.02 Å². The van der Waals surface area contributed by atoms with Gasteiger partial charge < -0.3 is 24.9 Å². The molecule has 0 bridgehead atoms. The van der Waals surface area contributed by atoms with Crippen LogP contribution in [0.15, 0.2) is 66.7 Å². The highest BCUT2D eigenvalue weighted by molar-refractivity contribution is 6.32. The molecular formula is C44H53ClN8O3. The van der Waals surface area contributed by atoms with Gasteiger partial charge >= 0.3 is 0 Å². The van der Waals surface area contributed by atoms with Gasteiger partial charge in [-0.3, -0.25) is 24.6 Å². The summed E-state index contributed by atoms with van der Waals surface area (Å²) in [5, 5.41) is 15.5. The number of piperazine rings is 1. The Morgan fingerprint density at radius 1 is 0.875 bits per heavy atom. The number of hydrogen-bond acceptors (Lipinski definition) is 9. The number of carbonyl (C=O) groups is 3. The number of rotatable bonds is 8. The van der Waals surface area contributed by atoms with Gasteiger partial charge in [-0.1, -0.05) is 17.7 Å². The van der Waals surface area contributed by atoms with Crippen LogP contribution in [-0.2, 0) is 9.59 Å². The van der Waals surface area contributed by atoms with Crippen LogP contribution < -0.4 is 25.3 Å². The minimum atomic E-state index is -0.387. The molecule has 294 valence electrons. The monoisotopic (exact) mass is 776 g/mol. The first-order chi connectivity index (χ1) is 27.1. The topological polar surface area (TPSA) is 115 Å². The summed E-state index contributed by atoms with van der Waals surface area (Å²) < 4.78 is 0. The van der Waals surface area contributed by atoms with Crippen molar-refractivity contribution in [3.05, 3.63) is 82.9 Å². The van der Waals surface area contributed by atoms with Crippen LogP contribution in [0.5, 0.6) is 0 Å². The Hall–Kier alpha value is -4.79. The number of nitrogens with one attached hydrogen (secondary N) is 2. The molecule has 0 aromatic heterocycles. The number of anilines is 4. The Kier molecular flexibility index (Phi) is 11.1. The van der Waals surface area contributed by atoms with Gasteiger partial charge in [0.05, 0.1) is 10.6 Å². The fourth-order valence-electron chi connectivity index (χ4n) is 9.73. The molecule has 12 heteroatoms. The van der Waals surface area contributed by atoms with Crippen molar-refractivity contribution < 1.29 is 14.4 Å². The zero-order valence-electron chi connectivity index (χ0n) is 32.4. The summed E-state index contributed by atoms with van der Waals surface area (Å²) in [7, 11) is 0. The van der Waals surface area contributed by atoms with Crippen LogP contribution in [0.4, 0.5) is 22.7 Å². The number of hydrogen-bond donors (Lipinski definition) is 2. The predicted octanol–water partition coefficient (Wildman–Crippen LogP) is 5.99. The largest absolute Gasteiger partial charge is 0.374 e. The standard InChI is InChI=1S/C44H53ClN8O3/c1-31-27-44(30-53(31)38-10-7-34(28-46)39(45)26-38)15-19-51(20-16-44)36-8-5-33(6-9-36)43(56)52-23-21-49(22-24-52)29-32-13-17-50(18-14-32)37-4-2-3-35(25-37)47-40-11-12-41(54)48-42(40)55/h2-10,25-26,31-32,40,47H,11-24,27,29-30H2,1H3,(H,48,54,55)/t31-,40?/m1/s1. The fourth-order valence-corrected chi connectivity index (χ4v) is 9.95. The van der Waals surface area contributed by atoms with Gasteiger partial charge in [-0.15, -0.1) is 0 Å². The second-order valence-electron chi connectivity index (χ2n) is 16.7. The van der Waals surface area contributed by atoms with E-state index in [1.54, 1.807) is 0 Å². The SMILES string of the molecule is C[C@@H]1CC2(CCN(c3ccc(C(=O)N4CCN(CC5CCN(c6cccc(NC7CCC(=O)NC7=O)c6)CC5)CC4)cc3)CC2)CN1c1ccc(C#N)c(Cl)c1. The molecule has 56 heavy (non-hydrogen) atoms. The summed E-state index contributed by atoms with van der Waals surface area (Å²) in [6.45, 7) is 11.7. The van der Waals surface area contributed by atoms with Gasteiger partial charge in [0.25, 0.3) is 5.91 Å². The molecule has 11 nitrogen and oxygen atoms in total. The van der Waals surface area contributed by atoms with Crippen molar-refractivity contribution in [3.8, 4) is 6.07 Å². The highest BCUT2D eigenvalue weighted by Crippen LogP contribution is 2.46. The molecule has 0 aliphatic carbocycles. The lowest BCUT2D eigenvalue weighted by atomic mass is 9.76. The Morgan fingerprint density at radius 2 is 1.59 bits per heavy atom. The molecule has 8 rings (SSSR count). The minimum Gasteiger partial charge on any atom is -0.374 e. The first kappa shape index (κ1) is 38.1. The van der Waals surface area contributed by atoms with Crippen LogP contribution in [0.3, 0.4) is 0 Å². The number of imide groups is 1. The van der Waals surface area contributed by atoms with E-state index < -0.39 is 0 Å². The molecule has 1 spiro atoms. The lowest BCUT2D eigenvalue weighted by Gasteiger charge is -2.40. The molecule has 5 aliphatic rings. The molecule has 5 aliphatic heterocycles. The zero-order valence-corrected chi connectivity index (χ0v) is 33.1. The van der Waals surface area contributed by atoms with Gasteiger partial charge in [0.2, 0.25) is 11.8 Å². The lowest BCUT2D eigenvalue weighted by molar-refractivity contribution is -0.133. The molecule has 3 aromatic carbocycles. The van der Waals surface area contributed by atoms with Crippen molar-refractivity contribution >= 4 is 52.1 Å². The second-order valence-corrected chi connectivity index (χ2v) is 17.1.